The molecular formula is C20H25NO4S. The van der Waals surface area contributed by atoms with Gasteiger partial charge in [0.1, 0.15) is 0 Å². The summed E-state index contributed by atoms with van der Waals surface area (Å²) in [5.74, 6) is 0.511. The molecule has 0 saturated heterocycles. The maximum absolute atomic E-state index is 13.0. The summed E-state index contributed by atoms with van der Waals surface area (Å²) in [5, 5.41) is 3.15. The zero-order valence-corrected chi connectivity index (χ0v) is 16.1. The van der Waals surface area contributed by atoms with Gasteiger partial charge in [-0.1, -0.05) is 0 Å². The highest BCUT2D eigenvalue weighted by Gasteiger charge is 2.61. The summed E-state index contributed by atoms with van der Waals surface area (Å²) in [7, 11) is 0. The van der Waals surface area contributed by atoms with Crippen molar-refractivity contribution in [3.8, 4) is 0 Å². The molecule has 1 N–H and O–H groups in total. The molecule has 4 bridgehead atoms. The molecule has 4 aliphatic carbocycles. The zero-order chi connectivity index (χ0) is 18.5. The Morgan fingerprint density at radius 1 is 1.19 bits per heavy atom. The summed E-state index contributed by atoms with van der Waals surface area (Å²) in [4.78, 5) is 38.7. The summed E-state index contributed by atoms with van der Waals surface area (Å²) in [6.45, 7) is 3.30. The van der Waals surface area contributed by atoms with Crippen molar-refractivity contribution in [3.63, 3.8) is 0 Å². The molecular weight excluding hydrogens is 350 g/mol. The van der Waals surface area contributed by atoms with Crippen LogP contribution in [0.4, 0.5) is 0 Å². The summed E-state index contributed by atoms with van der Waals surface area (Å²) >= 11 is 1.42. The molecule has 0 spiro atoms. The fourth-order valence-electron chi connectivity index (χ4n) is 5.96. The highest BCUT2D eigenvalue weighted by Crippen LogP contribution is 2.62. The first-order valence-corrected chi connectivity index (χ1v) is 10.2. The minimum Gasteiger partial charge on any atom is -0.457 e. The third kappa shape index (κ3) is 3.08. The number of rotatable bonds is 5. The van der Waals surface area contributed by atoms with Gasteiger partial charge in [0.05, 0.1) is 10.3 Å². The van der Waals surface area contributed by atoms with Gasteiger partial charge < -0.3 is 10.1 Å². The Morgan fingerprint density at radius 2 is 1.88 bits per heavy atom. The lowest BCUT2D eigenvalue weighted by molar-refractivity contribution is -0.174. The van der Waals surface area contributed by atoms with E-state index in [0.29, 0.717) is 23.1 Å². The SMILES string of the molecule is CC(=O)NC12CC3CC(C1)CC(C(=O)OCC(=O)c1ccc(C)s1)(C3)C2. The molecule has 0 aromatic carbocycles. The average Bonchev–Trinajstić information content (AvgIpc) is 2.96. The van der Waals surface area contributed by atoms with Crippen LogP contribution in [0.5, 0.6) is 0 Å². The predicted octanol–water partition coefficient (Wildman–Crippen LogP) is 3.26. The molecule has 0 radical (unpaired) electrons. The number of ether oxygens (including phenoxy) is 1. The maximum atomic E-state index is 13.0. The smallest absolute Gasteiger partial charge is 0.312 e. The van der Waals surface area contributed by atoms with Crippen LogP contribution in [-0.2, 0) is 14.3 Å². The van der Waals surface area contributed by atoms with Crippen molar-refractivity contribution < 1.29 is 19.1 Å². The molecule has 1 heterocycles. The normalized spacial score (nSPS) is 34.5. The monoisotopic (exact) mass is 375 g/mol. The predicted molar refractivity (Wildman–Crippen MR) is 98.0 cm³/mol. The van der Waals surface area contributed by atoms with Crippen LogP contribution in [0.1, 0.15) is 60.0 Å². The number of hydrogen-bond donors (Lipinski definition) is 1. The van der Waals surface area contributed by atoms with Gasteiger partial charge in [-0.05, 0) is 69.4 Å². The van der Waals surface area contributed by atoms with Gasteiger partial charge >= 0.3 is 5.97 Å². The van der Waals surface area contributed by atoms with Crippen LogP contribution in [-0.4, -0.2) is 29.8 Å². The fourth-order valence-corrected chi connectivity index (χ4v) is 6.75. The zero-order valence-electron chi connectivity index (χ0n) is 15.3. The highest BCUT2D eigenvalue weighted by atomic mass is 32.1. The number of amides is 1. The quantitative estimate of drug-likeness (QED) is 0.633. The molecule has 0 aliphatic heterocycles. The van der Waals surface area contributed by atoms with E-state index in [1.54, 1.807) is 13.0 Å². The van der Waals surface area contributed by atoms with Gasteiger partial charge in [-0.3, -0.25) is 14.4 Å². The van der Waals surface area contributed by atoms with Gasteiger partial charge in [0.2, 0.25) is 11.7 Å². The number of aryl methyl sites for hydroxylation is 1. The lowest BCUT2D eigenvalue weighted by Crippen LogP contribution is -2.64. The third-order valence-electron chi connectivity index (χ3n) is 6.28. The van der Waals surface area contributed by atoms with Crippen LogP contribution in [0.15, 0.2) is 12.1 Å². The number of Topliss-reactive ketones (excluding diaryl/α,β-unsaturated/α-hetero) is 1. The van der Waals surface area contributed by atoms with Crippen molar-refractivity contribution in [2.75, 3.05) is 6.61 Å². The van der Waals surface area contributed by atoms with Crippen LogP contribution < -0.4 is 5.32 Å². The fraction of sp³-hybridized carbons (Fsp3) is 0.650. The number of nitrogens with one attached hydrogen (secondary N) is 1. The lowest BCUT2D eigenvalue weighted by Gasteiger charge is -2.60. The van der Waals surface area contributed by atoms with Crippen LogP contribution in [0.2, 0.25) is 0 Å². The second kappa shape index (κ2) is 6.19. The Labute approximate surface area is 157 Å². The largest absolute Gasteiger partial charge is 0.457 e. The number of esters is 1. The lowest BCUT2D eigenvalue weighted by atomic mass is 9.47. The van der Waals surface area contributed by atoms with Crippen molar-refractivity contribution in [1.82, 2.24) is 5.32 Å². The van der Waals surface area contributed by atoms with E-state index < -0.39 is 5.41 Å². The molecule has 2 atom stereocenters. The number of carbonyl (C=O) groups excluding carboxylic acids is 3. The van der Waals surface area contributed by atoms with E-state index in [9.17, 15) is 14.4 Å². The summed E-state index contributed by atoms with van der Waals surface area (Å²) in [5.41, 5.74) is -0.790. The summed E-state index contributed by atoms with van der Waals surface area (Å²) < 4.78 is 5.51. The first kappa shape index (κ1) is 17.7. The molecule has 2 unspecified atom stereocenters. The average molecular weight is 375 g/mol. The number of hydrogen-bond acceptors (Lipinski definition) is 5. The standard InChI is InChI=1S/C20H25NO4S/c1-12-3-4-17(26-12)16(23)10-25-18(24)19-6-14-5-15(7-19)9-20(8-14,11-19)21-13(2)22/h3-4,14-15H,5-11H2,1-2H3,(H,21,22). The molecule has 1 aromatic rings. The Hall–Kier alpha value is -1.69. The van der Waals surface area contributed by atoms with Crippen LogP contribution >= 0.6 is 11.3 Å². The summed E-state index contributed by atoms with van der Waals surface area (Å²) in [6, 6.07) is 3.68. The van der Waals surface area contributed by atoms with E-state index in [0.717, 1.165) is 37.0 Å². The van der Waals surface area contributed by atoms with Crippen molar-refractivity contribution >= 4 is 29.0 Å². The van der Waals surface area contributed by atoms with Gasteiger partial charge in [-0.2, -0.15) is 0 Å². The first-order chi connectivity index (χ1) is 12.3. The Balaban J connectivity index is 1.47. The Morgan fingerprint density at radius 3 is 2.46 bits per heavy atom. The molecule has 5 rings (SSSR count). The van der Waals surface area contributed by atoms with Crippen molar-refractivity contribution in [2.24, 2.45) is 17.3 Å². The van der Waals surface area contributed by atoms with E-state index in [2.05, 4.69) is 5.32 Å². The Kier molecular flexibility index (Phi) is 4.21. The molecule has 5 nitrogen and oxygen atoms in total. The molecule has 140 valence electrons. The topological polar surface area (TPSA) is 72.5 Å². The van der Waals surface area contributed by atoms with Crippen molar-refractivity contribution in [2.45, 2.75) is 57.9 Å². The molecule has 1 amide bonds. The van der Waals surface area contributed by atoms with Gasteiger partial charge in [0.15, 0.2) is 6.61 Å². The van der Waals surface area contributed by atoms with E-state index in [4.69, 9.17) is 4.74 Å². The first-order valence-electron chi connectivity index (χ1n) is 9.35. The number of carbonyl (C=O) groups is 3. The molecule has 4 saturated carbocycles. The highest BCUT2D eigenvalue weighted by molar-refractivity contribution is 7.14. The molecule has 26 heavy (non-hydrogen) atoms. The minimum absolute atomic E-state index is 0.0290. The van der Waals surface area contributed by atoms with Crippen LogP contribution in [0.25, 0.3) is 0 Å². The third-order valence-corrected chi connectivity index (χ3v) is 7.33. The van der Waals surface area contributed by atoms with Crippen LogP contribution in [0, 0.1) is 24.2 Å². The van der Waals surface area contributed by atoms with Gasteiger partial charge in [0, 0.05) is 17.3 Å². The van der Waals surface area contributed by atoms with E-state index in [1.165, 1.54) is 11.3 Å². The molecule has 6 heteroatoms. The summed E-state index contributed by atoms with van der Waals surface area (Å²) in [6.07, 6.45) is 5.38. The molecule has 4 aliphatic rings. The van der Waals surface area contributed by atoms with Gasteiger partial charge in [-0.25, -0.2) is 0 Å². The van der Waals surface area contributed by atoms with Gasteiger partial charge in [0.25, 0.3) is 0 Å². The Bertz CT molecular complexity index is 754. The number of thiophene rings is 1. The van der Waals surface area contributed by atoms with Crippen molar-refractivity contribution in [3.05, 3.63) is 21.9 Å². The van der Waals surface area contributed by atoms with Gasteiger partial charge in [-0.15, -0.1) is 11.3 Å². The van der Waals surface area contributed by atoms with Crippen molar-refractivity contribution in [1.29, 1.82) is 0 Å². The second-order valence-corrected chi connectivity index (χ2v) is 9.90. The molecule has 1 aromatic heterocycles. The number of ketones is 1. The van der Waals surface area contributed by atoms with E-state index in [-0.39, 0.29) is 29.8 Å². The van der Waals surface area contributed by atoms with E-state index in [1.807, 2.05) is 13.0 Å². The maximum Gasteiger partial charge on any atom is 0.312 e. The van der Waals surface area contributed by atoms with E-state index >= 15 is 0 Å². The van der Waals surface area contributed by atoms with Crippen LogP contribution in [0.3, 0.4) is 0 Å². The minimum atomic E-state index is -0.530. The second-order valence-electron chi connectivity index (χ2n) is 8.61. The molecule has 4 fully saturated rings.